The molecule has 2 aliphatic rings. The molecule has 3 amide bonds. The summed E-state index contributed by atoms with van der Waals surface area (Å²) in [6.45, 7) is 10.6. The van der Waals surface area contributed by atoms with E-state index in [0.717, 1.165) is 12.8 Å². The van der Waals surface area contributed by atoms with Crippen molar-refractivity contribution in [3.05, 3.63) is 0 Å². The number of carbonyl (C=O) groups excluding carboxylic acids is 3. The van der Waals surface area contributed by atoms with Gasteiger partial charge in [-0.3, -0.25) is 9.74 Å². The number of rotatable bonds is 14. The smallest absolute Gasteiger partial charge is 0.447 e. The summed E-state index contributed by atoms with van der Waals surface area (Å²) in [6, 6.07) is -0.359. The van der Waals surface area contributed by atoms with Gasteiger partial charge < -0.3 is 42.9 Å². The van der Waals surface area contributed by atoms with E-state index < -0.39 is 38.9 Å². The van der Waals surface area contributed by atoms with Gasteiger partial charge in [-0.1, -0.05) is 20.8 Å². The number of amides is 3. The molecule has 2 rings (SSSR count). The number of likely N-dealkylation sites (N-methyl/N-ethyl adjacent to an activating group) is 1. The van der Waals surface area contributed by atoms with Crippen LogP contribution in [0.2, 0.25) is 0 Å². The van der Waals surface area contributed by atoms with Crippen LogP contribution in [0.15, 0.2) is 0 Å². The molecule has 1 saturated carbocycles. The Labute approximate surface area is 249 Å². The van der Waals surface area contributed by atoms with Gasteiger partial charge in [0.1, 0.15) is 31.1 Å². The maximum absolute atomic E-state index is 12.6. The molecule has 0 bridgehead atoms. The number of hydrogen-bond donors (Lipinski definition) is 3. The van der Waals surface area contributed by atoms with Crippen molar-refractivity contribution in [1.82, 2.24) is 21.0 Å². The van der Waals surface area contributed by atoms with E-state index in [1.54, 1.807) is 6.92 Å². The molecule has 1 aliphatic carbocycles. The van der Waals surface area contributed by atoms with Gasteiger partial charge in [-0.05, 0) is 52.0 Å². The number of alkyl carbamates (subject to hydrolysis) is 2. The van der Waals surface area contributed by atoms with Gasteiger partial charge in [0.2, 0.25) is 0 Å². The number of carbonyl (C=O) groups is 3. The minimum atomic E-state index is -3.08. The van der Waals surface area contributed by atoms with Gasteiger partial charge in [-0.2, -0.15) is 5.48 Å². The average molecular weight is 623 g/mol. The predicted octanol–water partition coefficient (Wildman–Crippen LogP) is 2.16. The summed E-state index contributed by atoms with van der Waals surface area (Å²) in [5, 5.41) is 5.79. The van der Waals surface area contributed by atoms with Crippen LogP contribution in [-0.4, -0.2) is 116 Å². The van der Waals surface area contributed by atoms with E-state index in [1.807, 2.05) is 14.0 Å². The second-order valence-electron chi connectivity index (χ2n) is 11.3. The van der Waals surface area contributed by atoms with Crippen molar-refractivity contribution in [1.29, 1.82) is 0 Å². The highest BCUT2D eigenvalue weighted by atomic mass is 28.4. The van der Waals surface area contributed by atoms with Gasteiger partial charge >= 0.3 is 27.1 Å². The summed E-state index contributed by atoms with van der Waals surface area (Å²) >= 11 is 0. The molecule has 0 aromatic rings. The molecular formula is C26H50N4O11Si. The predicted molar refractivity (Wildman–Crippen MR) is 152 cm³/mol. The molecule has 2 fully saturated rings. The second-order valence-corrected chi connectivity index (χ2v) is 14.2. The highest BCUT2D eigenvalue weighted by molar-refractivity contribution is 6.60. The van der Waals surface area contributed by atoms with E-state index in [1.165, 1.54) is 21.3 Å². The van der Waals surface area contributed by atoms with Gasteiger partial charge in [-0.15, -0.1) is 0 Å². The van der Waals surface area contributed by atoms with Crippen LogP contribution >= 0.6 is 0 Å². The van der Waals surface area contributed by atoms with Crippen LogP contribution in [0, 0.1) is 11.8 Å². The molecule has 6 atom stereocenters. The van der Waals surface area contributed by atoms with Crippen LogP contribution in [0.3, 0.4) is 0 Å². The van der Waals surface area contributed by atoms with Crippen LogP contribution < -0.4 is 16.1 Å². The average Bonchev–Trinajstić information content (AvgIpc) is 3.24. The first-order valence-electron chi connectivity index (χ1n) is 14.3. The highest BCUT2D eigenvalue weighted by Gasteiger charge is 2.44. The third-order valence-corrected chi connectivity index (χ3v) is 10.4. The van der Waals surface area contributed by atoms with Crippen molar-refractivity contribution in [2.24, 2.45) is 11.8 Å². The Bertz CT molecular complexity index is 873. The van der Waals surface area contributed by atoms with Crippen molar-refractivity contribution in [3.8, 4) is 0 Å². The minimum absolute atomic E-state index is 0.113. The summed E-state index contributed by atoms with van der Waals surface area (Å²) in [7, 11) is 3.12. The molecular weight excluding hydrogens is 572 g/mol. The summed E-state index contributed by atoms with van der Waals surface area (Å²) in [5.41, 5.74) is 1.71. The number of ether oxygens (including phenoxy) is 4. The van der Waals surface area contributed by atoms with E-state index in [4.69, 9.17) is 37.1 Å². The molecule has 0 radical (unpaired) electrons. The third kappa shape index (κ3) is 10.5. The highest BCUT2D eigenvalue weighted by Crippen LogP contribution is 2.32. The first-order valence-corrected chi connectivity index (χ1v) is 16.2. The summed E-state index contributed by atoms with van der Waals surface area (Å²) in [5.74, 6) is 0.505. The Kier molecular flexibility index (Phi) is 14.2. The molecule has 1 aliphatic heterocycles. The first-order chi connectivity index (χ1) is 19.8. The lowest BCUT2D eigenvalue weighted by Gasteiger charge is -2.35. The standard InChI is InChI=1S/C26H50N4O11Si/c1-17(2)26(5)30(6)13-21(41-26)15-37-23(31)28-22-12-20(11-10-18(22)3)27-24(32)40-19(4)14-39-29-25(33)38-16-42(34-7,35-8)36-9/h17-22H,10-16H2,1-9H3,(H,27,32)(H,28,31)(H,29,33). The fraction of sp³-hybridized carbons (Fsp3) is 0.885. The molecule has 1 saturated heterocycles. The Morgan fingerprint density at radius 3 is 2.26 bits per heavy atom. The van der Waals surface area contributed by atoms with Crippen molar-refractivity contribution in [2.45, 2.75) is 83.9 Å². The van der Waals surface area contributed by atoms with Gasteiger partial charge in [-0.25, -0.2) is 14.4 Å². The van der Waals surface area contributed by atoms with Crippen molar-refractivity contribution < 1.29 is 51.4 Å². The minimum Gasteiger partial charge on any atom is -0.447 e. The van der Waals surface area contributed by atoms with Crippen LogP contribution in [0.5, 0.6) is 0 Å². The Morgan fingerprint density at radius 2 is 1.67 bits per heavy atom. The molecule has 0 aromatic heterocycles. The van der Waals surface area contributed by atoms with E-state index in [0.29, 0.717) is 18.9 Å². The molecule has 3 N–H and O–H groups in total. The van der Waals surface area contributed by atoms with Gasteiger partial charge in [0, 0.05) is 40.0 Å². The lowest BCUT2D eigenvalue weighted by Crippen LogP contribution is -2.50. The van der Waals surface area contributed by atoms with Gasteiger partial charge in [0.15, 0.2) is 6.23 Å². The molecule has 16 heteroatoms. The van der Waals surface area contributed by atoms with Crippen LogP contribution in [0.25, 0.3) is 0 Å². The van der Waals surface area contributed by atoms with Gasteiger partial charge in [0.05, 0.1) is 0 Å². The maximum Gasteiger partial charge on any atom is 0.540 e. The number of hydroxylamine groups is 1. The van der Waals surface area contributed by atoms with Crippen LogP contribution in [0.1, 0.15) is 53.9 Å². The molecule has 244 valence electrons. The summed E-state index contributed by atoms with van der Waals surface area (Å²) in [6.07, 6.45) is -0.994. The molecule has 42 heavy (non-hydrogen) atoms. The lowest BCUT2D eigenvalue weighted by molar-refractivity contribution is -0.122. The van der Waals surface area contributed by atoms with E-state index >= 15 is 0 Å². The Hall–Kier alpha value is -2.21. The zero-order chi connectivity index (χ0) is 31.5. The monoisotopic (exact) mass is 622 g/mol. The quantitative estimate of drug-likeness (QED) is 0.147. The fourth-order valence-corrected chi connectivity index (χ4v) is 6.04. The van der Waals surface area contributed by atoms with Crippen LogP contribution in [-0.2, 0) is 37.1 Å². The summed E-state index contributed by atoms with van der Waals surface area (Å²) < 4.78 is 37.5. The third-order valence-electron chi connectivity index (χ3n) is 8.03. The Balaban J connectivity index is 1.68. The normalized spacial score (nSPS) is 27.3. The van der Waals surface area contributed by atoms with Crippen molar-refractivity contribution in [2.75, 3.05) is 54.4 Å². The second kappa shape index (κ2) is 16.6. The summed E-state index contributed by atoms with van der Waals surface area (Å²) in [4.78, 5) is 44.1. The zero-order valence-corrected chi connectivity index (χ0v) is 27.4. The van der Waals surface area contributed by atoms with Crippen molar-refractivity contribution >= 4 is 27.1 Å². The number of nitrogens with one attached hydrogen (secondary N) is 3. The number of nitrogens with zero attached hydrogens (tertiary/aromatic N) is 1. The largest absolute Gasteiger partial charge is 0.540 e. The maximum atomic E-state index is 12.6. The Morgan fingerprint density at radius 1 is 1.00 bits per heavy atom. The van der Waals surface area contributed by atoms with Crippen LogP contribution in [0.4, 0.5) is 14.4 Å². The SMILES string of the molecule is CO[Si](COC(=O)NOCC(C)OC(=O)NC1CCC(C)C(NC(=O)OCC2CN(C)C(C)(C(C)C)O2)C1)(OC)OC. The zero-order valence-electron chi connectivity index (χ0n) is 26.4. The van der Waals surface area contributed by atoms with Gasteiger partial charge in [0.25, 0.3) is 0 Å². The van der Waals surface area contributed by atoms with E-state index in [-0.39, 0.29) is 43.5 Å². The fourth-order valence-electron chi connectivity index (χ4n) is 4.88. The molecule has 15 nitrogen and oxygen atoms in total. The number of hydrogen-bond acceptors (Lipinski definition) is 12. The topological polar surface area (TPSA) is 164 Å². The lowest BCUT2D eigenvalue weighted by atomic mass is 9.83. The molecule has 0 spiro atoms. The first kappa shape index (κ1) is 36.0. The molecule has 6 unspecified atom stereocenters. The molecule has 0 aromatic carbocycles. The van der Waals surface area contributed by atoms with E-state index in [2.05, 4.69) is 41.8 Å². The van der Waals surface area contributed by atoms with Crippen molar-refractivity contribution in [3.63, 3.8) is 0 Å². The molecule has 1 heterocycles. The van der Waals surface area contributed by atoms with E-state index in [9.17, 15) is 14.4 Å².